The number of hydrogen-bond acceptors (Lipinski definition) is 4. The molecule has 1 aliphatic heterocycles. The van der Waals surface area contributed by atoms with Crippen molar-refractivity contribution in [3.8, 4) is 0 Å². The molecule has 20 heavy (non-hydrogen) atoms. The maximum absolute atomic E-state index is 13.8. The van der Waals surface area contributed by atoms with Gasteiger partial charge in [-0.15, -0.1) is 0 Å². The van der Waals surface area contributed by atoms with Crippen LogP contribution in [0.4, 0.5) is 10.1 Å². The number of halogens is 1. The van der Waals surface area contributed by atoms with E-state index < -0.39 is 11.8 Å². The van der Waals surface area contributed by atoms with Gasteiger partial charge in [-0.25, -0.2) is 9.18 Å². The average Bonchev–Trinajstić information content (AvgIpc) is 2.79. The maximum atomic E-state index is 13.8. The molecule has 0 N–H and O–H groups in total. The van der Waals surface area contributed by atoms with Gasteiger partial charge in [0.2, 0.25) is 5.91 Å². The van der Waals surface area contributed by atoms with Crippen molar-refractivity contribution in [1.82, 2.24) is 0 Å². The molecule has 0 bridgehead atoms. The summed E-state index contributed by atoms with van der Waals surface area (Å²) in [6.45, 7) is 2.25. The normalized spacial score (nSPS) is 18.5. The van der Waals surface area contributed by atoms with E-state index in [-0.39, 0.29) is 17.4 Å². The van der Waals surface area contributed by atoms with Gasteiger partial charge >= 0.3 is 5.97 Å². The van der Waals surface area contributed by atoms with Crippen molar-refractivity contribution in [2.24, 2.45) is 5.92 Å². The number of thiol groups is 1. The third kappa shape index (κ3) is 2.65. The van der Waals surface area contributed by atoms with E-state index in [0.717, 1.165) is 0 Å². The summed E-state index contributed by atoms with van der Waals surface area (Å²) in [5, 5.41) is 0. The van der Waals surface area contributed by atoms with Crippen molar-refractivity contribution in [2.45, 2.75) is 13.3 Å². The van der Waals surface area contributed by atoms with Gasteiger partial charge in [0.25, 0.3) is 0 Å². The van der Waals surface area contributed by atoms with Crippen molar-refractivity contribution in [2.75, 3.05) is 24.3 Å². The van der Waals surface area contributed by atoms with Gasteiger partial charge in [-0.05, 0) is 36.3 Å². The zero-order valence-corrected chi connectivity index (χ0v) is 12.2. The van der Waals surface area contributed by atoms with Gasteiger partial charge in [0, 0.05) is 18.7 Å². The molecule has 0 saturated carbocycles. The van der Waals surface area contributed by atoms with E-state index in [0.29, 0.717) is 30.0 Å². The fourth-order valence-corrected chi connectivity index (χ4v) is 2.60. The van der Waals surface area contributed by atoms with Gasteiger partial charge in [0.05, 0.1) is 12.7 Å². The summed E-state index contributed by atoms with van der Waals surface area (Å²) in [5.74, 6) is -0.630. The molecule has 1 amide bonds. The highest BCUT2D eigenvalue weighted by atomic mass is 32.1. The third-order valence-corrected chi connectivity index (χ3v) is 3.96. The third-order valence-electron chi connectivity index (χ3n) is 3.45. The van der Waals surface area contributed by atoms with Gasteiger partial charge in [-0.3, -0.25) is 4.79 Å². The molecule has 4 nitrogen and oxygen atoms in total. The molecule has 1 fully saturated rings. The molecule has 1 aliphatic rings. The highest BCUT2D eigenvalue weighted by Gasteiger charge is 2.31. The first-order chi connectivity index (χ1) is 9.47. The number of hydrogen-bond donors (Lipinski definition) is 1. The molecule has 108 valence electrons. The zero-order valence-electron chi connectivity index (χ0n) is 11.4. The fourth-order valence-electron chi connectivity index (χ4n) is 2.36. The lowest BCUT2D eigenvalue weighted by Crippen LogP contribution is -2.26. The minimum Gasteiger partial charge on any atom is -0.465 e. The SMILES string of the molecule is COC(=O)c1cc(N2CC(CS)CC2=O)c(C)cc1F. The van der Waals surface area contributed by atoms with Gasteiger partial charge < -0.3 is 9.64 Å². The molecular formula is C14H16FNO3S. The molecule has 0 aliphatic carbocycles. The van der Waals surface area contributed by atoms with Gasteiger partial charge in [-0.1, -0.05) is 0 Å². The molecule has 0 spiro atoms. The Hall–Kier alpha value is -1.56. The number of methoxy groups -OCH3 is 1. The van der Waals surface area contributed by atoms with Crippen molar-refractivity contribution in [3.63, 3.8) is 0 Å². The molecule has 2 rings (SSSR count). The summed E-state index contributed by atoms with van der Waals surface area (Å²) in [6.07, 6.45) is 0.424. The highest BCUT2D eigenvalue weighted by Crippen LogP contribution is 2.30. The number of esters is 1. The number of nitrogens with zero attached hydrogens (tertiary/aromatic N) is 1. The monoisotopic (exact) mass is 297 g/mol. The predicted octanol–water partition coefficient (Wildman–Crippen LogP) is 2.20. The Labute approximate surface area is 122 Å². The van der Waals surface area contributed by atoms with Crippen LogP contribution >= 0.6 is 12.6 Å². The topological polar surface area (TPSA) is 46.6 Å². The molecule has 1 aromatic carbocycles. The summed E-state index contributed by atoms with van der Waals surface area (Å²) in [7, 11) is 1.19. The first-order valence-electron chi connectivity index (χ1n) is 6.27. The Balaban J connectivity index is 2.42. The Morgan fingerprint density at radius 3 is 2.80 bits per heavy atom. The second-order valence-corrected chi connectivity index (χ2v) is 5.23. The Morgan fingerprint density at radius 2 is 2.25 bits per heavy atom. The van der Waals surface area contributed by atoms with E-state index in [1.165, 1.54) is 19.2 Å². The lowest BCUT2D eigenvalue weighted by Gasteiger charge is -2.20. The van der Waals surface area contributed by atoms with E-state index in [1.807, 2.05) is 0 Å². The highest BCUT2D eigenvalue weighted by molar-refractivity contribution is 7.80. The van der Waals surface area contributed by atoms with Crippen molar-refractivity contribution < 1.29 is 18.7 Å². The number of aryl methyl sites for hydroxylation is 1. The quantitative estimate of drug-likeness (QED) is 0.687. The number of rotatable bonds is 3. The van der Waals surface area contributed by atoms with Crippen LogP contribution in [0.1, 0.15) is 22.3 Å². The van der Waals surface area contributed by atoms with E-state index >= 15 is 0 Å². The van der Waals surface area contributed by atoms with Crippen LogP contribution in [-0.4, -0.2) is 31.3 Å². The largest absolute Gasteiger partial charge is 0.465 e. The van der Waals surface area contributed by atoms with E-state index in [9.17, 15) is 14.0 Å². The summed E-state index contributed by atoms with van der Waals surface area (Å²) in [6, 6.07) is 2.64. The van der Waals surface area contributed by atoms with Gasteiger partial charge in [0.15, 0.2) is 0 Å². The lowest BCUT2D eigenvalue weighted by molar-refractivity contribution is -0.117. The first kappa shape index (κ1) is 14.8. The minimum atomic E-state index is -0.749. The molecule has 1 aromatic rings. The van der Waals surface area contributed by atoms with E-state index in [1.54, 1.807) is 11.8 Å². The van der Waals surface area contributed by atoms with Gasteiger partial charge in [-0.2, -0.15) is 12.6 Å². The minimum absolute atomic E-state index is 0.0328. The summed E-state index contributed by atoms with van der Waals surface area (Å²) in [5.41, 5.74) is 1.01. The van der Waals surface area contributed by atoms with Crippen LogP contribution in [0.15, 0.2) is 12.1 Å². The molecule has 6 heteroatoms. The number of amides is 1. The van der Waals surface area contributed by atoms with Crippen molar-refractivity contribution >= 4 is 30.2 Å². The van der Waals surface area contributed by atoms with Crippen LogP contribution in [0, 0.1) is 18.7 Å². The van der Waals surface area contributed by atoms with Crippen molar-refractivity contribution in [1.29, 1.82) is 0 Å². The number of ether oxygens (including phenoxy) is 1. The molecular weight excluding hydrogens is 281 g/mol. The average molecular weight is 297 g/mol. The van der Waals surface area contributed by atoms with Gasteiger partial charge in [0.1, 0.15) is 5.82 Å². The fraction of sp³-hybridized carbons (Fsp3) is 0.429. The Morgan fingerprint density at radius 1 is 1.55 bits per heavy atom. The molecule has 1 unspecified atom stereocenters. The Bertz CT molecular complexity index is 562. The first-order valence-corrected chi connectivity index (χ1v) is 6.90. The smallest absolute Gasteiger partial charge is 0.340 e. The number of benzene rings is 1. The molecule has 0 aromatic heterocycles. The maximum Gasteiger partial charge on any atom is 0.340 e. The summed E-state index contributed by atoms with van der Waals surface area (Å²) < 4.78 is 18.3. The van der Waals surface area contributed by atoms with Crippen molar-refractivity contribution in [3.05, 3.63) is 29.1 Å². The van der Waals surface area contributed by atoms with Crippen LogP contribution in [0.5, 0.6) is 0 Å². The number of anilines is 1. The molecule has 1 heterocycles. The predicted molar refractivity (Wildman–Crippen MR) is 76.8 cm³/mol. The number of carbonyl (C=O) groups excluding carboxylic acids is 2. The number of carbonyl (C=O) groups is 2. The standard InChI is InChI=1S/C14H16FNO3S/c1-8-3-11(15)10(14(18)19-2)5-12(8)16-6-9(7-20)4-13(16)17/h3,5,9,20H,4,6-7H2,1-2H3. The molecule has 0 radical (unpaired) electrons. The summed E-state index contributed by atoms with van der Waals surface area (Å²) in [4.78, 5) is 25.1. The zero-order chi connectivity index (χ0) is 14.9. The van der Waals surface area contributed by atoms with Crippen LogP contribution in [0.25, 0.3) is 0 Å². The second kappa shape index (κ2) is 5.83. The lowest BCUT2D eigenvalue weighted by atomic mass is 10.1. The molecule has 1 atom stereocenters. The second-order valence-electron chi connectivity index (χ2n) is 4.87. The van der Waals surface area contributed by atoms with Crippen LogP contribution < -0.4 is 4.90 Å². The molecule has 1 saturated heterocycles. The van der Waals surface area contributed by atoms with E-state index in [2.05, 4.69) is 17.4 Å². The van der Waals surface area contributed by atoms with Crippen LogP contribution in [0.3, 0.4) is 0 Å². The summed E-state index contributed by atoms with van der Waals surface area (Å²) >= 11 is 4.21. The van der Waals surface area contributed by atoms with Crippen LogP contribution in [-0.2, 0) is 9.53 Å². The van der Waals surface area contributed by atoms with Crippen LogP contribution in [0.2, 0.25) is 0 Å². The van der Waals surface area contributed by atoms with E-state index in [4.69, 9.17) is 0 Å². The Kier molecular flexibility index (Phi) is 4.32.